The van der Waals surface area contributed by atoms with Gasteiger partial charge in [-0.2, -0.15) is 30.1 Å². The van der Waals surface area contributed by atoms with Crippen LogP contribution in [0.4, 0.5) is 46.4 Å². The van der Waals surface area contributed by atoms with Gasteiger partial charge >= 0.3 is 0 Å². The fourth-order valence-corrected chi connectivity index (χ4v) is 6.96. The predicted molar refractivity (Wildman–Crippen MR) is 232 cm³/mol. The maximum absolute atomic E-state index is 13.7. The van der Waals surface area contributed by atoms with E-state index in [1.165, 1.54) is 12.1 Å². The molecule has 6 heterocycles. The first kappa shape index (κ1) is 45.7. The average Bonchev–Trinajstić information content (AvgIpc) is 3.78. The van der Waals surface area contributed by atoms with E-state index < -0.39 is 23.3 Å². The van der Waals surface area contributed by atoms with Crippen LogP contribution in [-0.4, -0.2) is 113 Å². The molecule has 2 aliphatic heterocycles. The van der Waals surface area contributed by atoms with Gasteiger partial charge in [0.15, 0.2) is 23.3 Å². The Kier molecular flexibility index (Phi) is 14.4. The first-order valence-corrected chi connectivity index (χ1v) is 20.3. The van der Waals surface area contributed by atoms with Gasteiger partial charge < -0.3 is 30.7 Å². The molecule has 0 saturated carbocycles. The Labute approximate surface area is 366 Å². The number of hydrogen-bond acceptors (Lipinski definition) is 12. The second-order valence-electron chi connectivity index (χ2n) is 14.9. The number of carbonyl (C=O) groups excluding carboxylic acids is 2. The summed E-state index contributed by atoms with van der Waals surface area (Å²) >= 11 is 6.17. The third kappa shape index (κ3) is 11.8. The lowest BCUT2D eigenvalue weighted by atomic mass is 10.3. The van der Waals surface area contributed by atoms with Crippen molar-refractivity contribution >= 4 is 52.2 Å². The molecule has 2 aliphatic rings. The third-order valence-electron chi connectivity index (χ3n) is 10.0. The summed E-state index contributed by atoms with van der Waals surface area (Å²) in [7, 11) is 0. The summed E-state index contributed by atoms with van der Waals surface area (Å²) in [6.07, 6.45) is 0. The highest BCUT2D eigenvalue weighted by Crippen LogP contribution is 2.25. The number of nitrogen functional groups attached to an aromatic ring is 1. The fourth-order valence-electron chi connectivity index (χ4n) is 6.79. The van der Waals surface area contributed by atoms with E-state index in [-0.39, 0.29) is 17.5 Å². The summed E-state index contributed by atoms with van der Waals surface area (Å²) in [5, 5.41) is 12.3. The molecule has 2 amide bonds. The van der Waals surface area contributed by atoms with Gasteiger partial charge in [-0.1, -0.05) is 11.6 Å². The zero-order valence-electron chi connectivity index (χ0n) is 35.6. The van der Waals surface area contributed by atoms with Crippen LogP contribution in [0.5, 0.6) is 0 Å². The molecule has 21 heteroatoms. The first-order valence-electron chi connectivity index (χ1n) is 19.9. The van der Waals surface area contributed by atoms with Gasteiger partial charge in [0.1, 0.15) is 22.6 Å². The molecule has 0 atom stereocenters. The summed E-state index contributed by atoms with van der Waals surface area (Å²) < 4.78 is 54.5. The standard InChI is InChI=1S/C21H23F2N7O.C15H19ClN6O.C6H5F2N/c1-13-10-14(2)30(27-13)21-25-19(24-16-4-5-17(22)18(23)11-16)12-20(26-21)29-8-6-28(7-9-29)15(3)31;1-10-8-11(2)22(19-10)15-17-13(16)9-14(18-15)21-6-4-20(5-7-21)12(3)23;7-5-2-1-4(9)3-6(5)8/h4-5,10-12H,6-9H2,1-3H3,(H,24,25,26);8-9H,4-7H2,1-3H3;1-3H,9H2. The summed E-state index contributed by atoms with van der Waals surface area (Å²) in [4.78, 5) is 49.0. The van der Waals surface area contributed by atoms with Crippen molar-refractivity contribution < 1.29 is 27.2 Å². The summed E-state index contributed by atoms with van der Waals surface area (Å²) in [5.74, 6) is -0.818. The monoisotopic (exact) mass is 890 g/mol. The average molecular weight is 891 g/mol. The third-order valence-corrected chi connectivity index (χ3v) is 10.2. The zero-order chi connectivity index (χ0) is 45.5. The SMILES string of the molecule is CC(=O)N1CCN(c2cc(Cl)nc(-n3nc(C)cc3C)n2)CC1.CC(=O)N1CCN(c2cc(Nc3ccc(F)c(F)c3)nc(-n3nc(C)cc3C)n2)CC1.Nc1ccc(F)c(F)c1. The maximum atomic E-state index is 13.7. The molecule has 63 heavy (non-hydrogen) atoms. The lowest BCUT2D eigenvalue weighted by Crippen LogP contribution is -2.48. The fraction of sp³-hybridized carbons (Fsp3) is 0.333. The van der Waals surface area contributed by atoms with Crippen LogP contribution in [0.15, 0.2) is 60.7 Å². The van der Waals surface area contributed by atoms with Crippen LogP contribution in [0.1, 0.15) is 36.6 Å². The Morgan fingerprint density at radius 3 is 1.48 bits per heavy atom. The number of anilines is 5. The number of aromatic nitrogens is 8. The molecule has 0 spiro atoms. The van der Waals surface area contributed by atoms with Crippen molar-refractivity contribution in [3.8, 4) is 11.9 Å². The molecule has 3 N–H and O–H groups in total. The van der Waals surface area contributed by atoms with Crippen molar-refractivity contribution in [2.24, 2.45) is 0 Å². The minimum Gasteiger partial charge on any atom is -0.399 e. The van der Waals surface area contributed by atoms with E-state index in [1.54, 1.807) is 40.2 Å². The van der Waals surface area contributed by atoms with Crippen molar-refractivity contribution in [2.75, 3.05) is 73.2 Å². The predicted octanol–water partition coefficient (Wildman–Crippen LogP) is 6.12. The van der Waals surface area contributed by atoms with Crippen molar-refractivity contribution in [3.63, 3.8) is 0 Å². The second-order valence-corrected chi connectivity index (χ2v) is 15.2. The number of nitrogens with zero attached hydrogens (tertiary/aromatic N) is 12. The maximum Gasteiger partial charge on any atom is 0.254 e. The Balaban J connectivity index is 0.000000180. The van der Waals surface area contributed by atoms with E-state index in [2.05, 4.69) is 45.2 Å². The number of amides is 2. The number of carbonyl (C=O) groups is 2. The van der Waals surface area contributed by atoms with Crippen LogP contribution < -0.4 is 20.9 Å². The van der Waals surface area contributed by atoms with E-state index in [0.717, 1.165) is 65.9 Å². The van der Waals surface area contributed by atoms with Crippen LogP contribution >= 0.6 is 11.6 Å². The zero-order valence-corrected chi connectivity index (χ0v) is 36.3. The van der Waals surface area contributed by atoms with E-state index in [4.69, 9.17) is 17.3 Å². The molecule has 2 saturated heterocycles. The molecule has 0 unspecified atom stereocenters. The number of nitrogens with two attached hydrogens (primary N) is 1. The van der Waals surface area contributed by atoms with Crippen molar-refractivity contribution in [1.29, 1.82) is 0 Å². The van der Waals surface area contributed by atoms with Crippen LogP contribution in [0.2, 0.25) is 5.15 Å². The highest BCUT2D eigenvalue weighted by Gasteiger charge is 2.23. The van der Waals surface area contributed by atoms with Gasteiger partial charge in [0.2, 0.25) is 11.8 Å². The topological polar surface area (TPSA) is 172 Å². The smallest absolute Gasteiger partial charge is 0.254 e. The summed E-state index contributed by atoms with van der Waals surface area (Å²) in [6.45, 7) is 16.1. The van der Waals surface area contributed by atoms with Crippen molar-refractivity contribution in [3.05, 3.63) is 112 Å². The highest BCUT2D eigenvalue weighted by molar-refractivity contribution is 6.29. The molecule has 6 aromatic rings. The van der Waals surface area contributed by atoms with Gasteiger partial charge in [0.25, 0.3) is 11.9 Å². The number of hydrogen-bond donors (Lipinski definition) is 2. The molecule has 16 nitrogen and oxygen atoms in total. The molecule has 0 bridgehead atoms. The highest BCUT2D eigenvalue weighted by atomic mass is 35.5. The second kappa shape index (κ2) is 19.9. The lowest BCUT2D eigenvalue weighted by Gasteiger charge is -2.35. The molecular weight excluding hydrogens is 844 g/mol. The summed E-state index contributed by atoms with van der Waals surface area (Å²) in [5.41, 5.74) is 9.28. The molecule has 0 aliphatic carbocycles. The Morgan fingerprint density at radius 1 is 0.587 bits per heavy atom. The number of benzene rings is 2. The van der Waals surface area contributed by atoms with Gasteiger partial charge in [-0.15, -0.1) is 0 Å². The van der Waals surface area contributed by atoms with Crippen LogP contribution in [-0.2, 0) is 9.59 Å². The van der Waals surface area contributed by atoms with Crippen molar-refractivity contribution in [1.82, 2.24) is 49.3 Å². The molecule has 8 rings (SSSR count). The van der Waals surface area contributed by atoms with Gasteiger partial charge in [-0.05, 0) is 70.2 Å². The Hall–Kier alpha value is -6.83. The number of nitrogens with one attached hydrogen (secondary N) is 1. The van der Waals surface area contributed by atoms with Crippen LogP contribution in [0.3, 0.4) is 0 Å². The van der Waals surface area contributed by atoms with E-state index >= 15 is 0 Å². The molecule has 332 valence electrons. The van der Waals surface area contributed by atoms with Crippen LogP contribution in [0.25, 0.3) is 11.9 Å². The molecule has 2 fully saturated rings. The molecule has 0 radical (unpaired) electrons. The normalized spacial score (nSPS) is 13.8. The van der Waals surface area contributed by atoms with Crippen molar-refractivity contribution in [2.45, 2.75) is 41.5 Å². The molecule has 4 aromatic heterocycles. The van der Waals surface area contributed by atoms with E-state index in [9.17, 15) is 27.2 Å². The molecule has 2 aromatic carbocycles. The van der Waals surface area contributed by atoms with Crippen LogP contribution in [0, 0.1) is 51.0 Å². The molecular formula is C42H47ClF4N14O2. The first-order chi connectivity index (χ1) is 29.9. The van der Waals surface area contributed by atoms with E-state index in [0.29, 0.717) is 73.6 Å². The van der Waals surface area contributed by atoms with Gasteiger partial charge in [-0.25, -0.2) is 26.9 Å². The largest absolute Gasteiger partial charge is 0.399 e. The Bertz CT molecular complexity index is 2590. The minimum absolute atomic E-state index is 0.0476. The number of piperazine rings is 2. The lowest BCUT2D eigenvalue weighted by molar-refractivity contribution is -0.129. The number of halogens is 5. The van der Waals surface area contributed by atoms with Gasteiger partial charge in [-0.3, -0.25) is 9.59 Å². The number of aryl methyl sites for hydroxylation is 4. The minimum atomic E-state index is -0.946. The van der Waals surface area contributed by atoms with E-state index in [1.807, 2.05) is 44.7 Å². The Morgan fingerprint density at radius 2 is 1.05 bits per heavy atom. The van der Waals surface area contributed by atoms with Gasteiger partial charge in [0, 0.05) is 107 Å². The van der Waals surface area contributed by atoms with Gasteiger partial charge in [0.05, 0.1) is 11.4 Å². The number of rotatable bonds is 6. The quantitative estimate of drug-likeness (QED) is 0.112. The summed E-state index contributed by atoms with van der Waals surface area (Å²) in [6, 6.07) is 14.2.